The van der Waals surface area contributed by atoms with E-state index in [1.165, 1.54) is 17.2 Å². The Bertz CT molecular complexity index is 1110. The minimum Gasteiger partial charge on any atom is -0.444 e. The molecule has 1 N–H and O–H groups in total. The van der Waals surface area contributed by atoms with Crippen LogP contribution in [0.25, 0.3) is 0 Å². The van der Waals surface area contributed by atoms with E-state index >= 15 is 0 Å². The summed E-state index contributed by atoms with van der Waals surface area (Å²) in [5, 5.41) is 12.4. The van der Waals surface area contributed by atoms with Gasteiger partial charge in [0.25, 0.3) is 5.91 Å². The van der Waals surface area contributed by atoms with Gasteiger partial charge in [0.15, 0.2) is 0 Å². The minimum absolute atomic E-state index is 0.159. The zero-order valence-corrected chi connectivity index (χ0v) is 20.6. The maximum Gasteiger partial charge on any atom is 0.408 e. The second kappa shape index (κ2) is 9.77. The number of pyridine rings is 1. The lowest BCUT2D eigenvalue weighted by molar-refractivity contribution is -0.136. The summed E-state index contributed by atoms with van der Waals surface area (Å²) in [6.45, 7) is 5.15. The average Bonchev–Trinajstić information content (AvgIpc) is 3.52. The second-order valence-corrected chi connectivity index (χ2v) is 10.6. The molecule has 10 heteroatoms. The van der Waals surface area contributed by atoms with E-state index in [9.17, 15) is 24.0 Å². The van der Waals surface area contributed by atoms with Gasteiger partial charge in [-0.1, -0.05) is 5.92 Å². The van der Waals surface area contributed by atoms with Gasteiger partial charge in [-0.15, -0.1) is 6.42 Å². The van der Waals surface area contributed by atoms with Crippen LogP contribution < -0.4 is 5.32 Å². The lowest BCUT2D eigenvalue weighted by Gasteiger charge is -2.35. The minimum atomic E-state index is -1.04. The number of hydrogen-bond donors (Lipinski definition) is 1. The van der Waals surface area contributed by atoms with Crippen molar-refractivity contribution in [3.63, 3.8) is 0 Å². The first-order valence-corrected chi connectivity index (χ1v) is 12.2. The molecule has 4 heterocycles. The molecule has 0 spiro atoms. The highest BCUT2D eigenvalue weighted by Gasteiger charge is 2.54. The van der Waals surface area contributed by atoms with Crippen LogP contribution in [0.1, 0.15) is 63.2 Å². The number of aromatic nitrogens is 1. The van der Waals surface area contributed by atoms with Gasteiger partial charge >= 0.3 is 6.09 Å². The number of rotatable bonds is 4. The molecule has 6 unspecified atom stereocenters. The van der Waals surface area contributed by atoms with E-state index in [-0.39, 0.29) is 23.6 Å². The number of ether oxygens (including phenoxy) is 1. The van der Waals surface area contributed by atoms with Crippen molar-refractivity contribution in [1.82, 2.24) is 20.1 Å². The lowest BCUT2D eigenvalue weighted by atomic mass is 9.83. The fourth-order valence-electron chi connectivity index (χ4n) is 5.75. The number of terminal acetylenes is 1. The highest BCUT2D eigenvalue weighted by molar-refractivity contribution is 5.95. The molecule has 0 radical (unpaired) electrons. The van der Waals surface area contributed by atoms with Gasteiger partial charge in [-0.3, -0.25) is 9.59 Å². The second-order valence-electron chi connectivity index (χ2n) is 10.6. The molecule has 0 saturated carbocycles. The smallest absolute Gasteiger partial charge is 0.408 e. The van der Waals surface area contributed by atoms with Crippen molar-refractivity contribution in [2.45, 2.75) is 88.7 Å². The Morgan fingerprint density at radius 2 is 1.94 bits per heavy atom. The van der Waals surface area contributed by atoms with Crippen LogP contribution in [0.5, 0.6) is 0 Å². The van der Waals surface area contributed by atoms with Crippen molar-refractivity contribution in [3.05, 3.63) is 29.8 Å². The summed E-state index contributed by atoms with van der Waals surface area (Å²) < 4.78 is 19.1. The molecule has 3 saturated heterocycles. The van der Waals surface area contributed by atoms with Gasteiger partial charge in [-0.2, -0.15) is 9.65 Å². The van der Waals surface area contributed by atoms with Crippen LogP contribution in [-0.4, -0.2) is 68.5 Å². The number of amides is 3. The first kappa shape index (κ1) is 25.4. The fraction of sp³-hybridized carbons (Fsp3) is 0.577. The van der Waals surface area contributed by atoms with Crippen molar-refractivity contribution in [2.75, 3.05) is 0 Å². The van der Waals surface area contributed by atoms with Crippen LogP contribution in [0, 0.1) is 35.5 Å². The number of alkyl carbamates (subject to hydrolysis) is 1. The molecule has 2 bridgehead atoms. The molecule has 3 aliphatic heterocycles. The Morgan fingerprint density at radius 1 is 1.22 bits per heavy atom. The fourth-order valence-corrected chi connectivity index (χ4v) is 5.75. The van der Waals surface area contributed by atoms with E-state index in [1.54, 1.807) is 25.7 Å². The SMILES string of the molecule is C#CC1CCC(C#N)N1C(=O)C(NC(=O)OC(C)(C)C)C1CC2CCC1N2C(=O)c1ccnc(F)c1. The lowest BCUT2D eigenvalue weighted by Crippen LogP contribution is -2.57. The summed E-state index contributed by atoms with van der Waals surface area (Å²) in [4.78, 5) is 46.6. The summed E-state index contributed by atoms with van der Waals surface area (Å²) in [7, 11) is 0. The van der Waals surface area contributed by atoms with Crippen molar-refractivity contribution in [1.29, 1.82) is 5.26 Å². The van der Waals surface area contributed by atoms with E-state index < -0.39 is 47.6 Å². The molecule has 3 aliphatic rings. The molecule has 0 aliphatic carbocycles. The standard InChI is InChI=1S/C26H30FN5O4/c1-5-16-6-7-18(14-28)31(16)24(34)22(30-25(35)36-26(2,3)4)19-13-17-8-9-20(19)32(17)23(33)15-10-11-29-21(27)12-15/h1,10-12,16-20,22H,6-9,13H2,2-4H3,(H,30,35). The Balaban J connectivity index is 1.64. The third-order valence-electron chi connectivity index (χ3n) is 7.14. The third-order valence-corrected chi connectivity index (χ3v) is 7.14. The first-order chi connectivity index (χ1) is 17.0. The predicted octanol–water partition coefficient (Wildman–Crippen LogP) is 2.62. The van der Waals surface area contributed by atoms with Gasteiger partial charge in [0, 0.05) is 35.8 Å². The summed E-state index contributed by atoms with van der Waals surface area (Å²) >= 11 is 0. The maximum atomic E-state index is 13.9. The van der Waals surface area contributed by atoms with Gasteiger partial charge in [-0.25, -0.2) is 9.78 Å². The Morgan fingerprint density at radius 3 is 2.58 bits per heavy atom. The molecular formula is C26H30FN5O4. The molecule has 4 rings (SSSR count). The highest BCUT2D eigenvalue weighted by Crippen LogP contribution is 2.44. The van der Waals surface area contributed by atoms with Crippen molar-refractivity contribution in [3.8, 4) is 18.4 Å². The number of likely N-dealkylation sites (tertiary alicyclic amines) is 1. The summed E-state index contributed by atoms with van der Waals surface area (Å²) in [5.41, 5.74) is -0.608. The number of nitriles is 1. The third kappa shape index (κ3) is 4.86. The molecule has 6 atom stereocenters. The highest BCUT2D eigenvalue weighted by atomic mass is 19.1. The predicted molar refractivity (Wildman–Crippen MR) is 127 cm³/mol. The molecule has 3 amide bonds. The number of fused-ring (bicyclic) bond motifs is 2. The van der Waals surface area contributed by atoms with Gasteiger partial charge in [-0.05, 0) is 58.9 Å². The van der Waals surface area contributed by atoms with Gasteiger partial charge in [0.1, 0.15) is 17.7 Å². The van der Waals surface area contributed by atoms with E-state index in [2.05, 4.69) is 22.3 Å². The maximum absolute atomic E-state index is 13.9. The van der Waals surface area contributed by atoms with E-state index in [0.717, 1.165) is 12.5 Å². The monoisotopic (exact) mass is 495 g/mol. The summed E-state index contributed by atoms with van der Waals surface area (Å²) in [5.74, 6) is 0.628. The van der Waals surface area contributed by atoms with Crippen LogP contribution in [0.3, 0.4) is 0 Å². The number of carbonyl (C=O) groups excluding carboxylic acids is 3. The zero-order valence-electron chi connectivity index (χ0n) is 20.6. The van der Waals surface area contributed by atoms with Crippen LogP contribution in [0.2, 0.25) is 0 Å². The van der Waals surface area contributed by atoms with Gasteiger partial charge in [0.2, 0.25) is 11.9 Å². The van der Waals surface area contributed by atoms with E-state index in [1.807, 2.05) is 0 Å². The molecule has 0 aromatic carbocycles. The Kier molecular flexibility index (Phi) is 6.90. The molecule has 3 fully saturated rings. The van der Waals surface area contributed by atoms with Crippen molar-refractivity contribution < 1.29 is 23.5 Å². The topological polar surface area (TPSA) is 116 Å². The quantitative estimate of drug-likeness (QED) is 0.507. The summed E-state index contributed by atoms with van der Waals surface area (Å²) in [6.07, 6.45) is 8.93. The molecule has 9 nitrogen and oxygen atoms in total. The normalized spacial score (nSPS) is 27.8. The van der Waals surface area contributed by atoms with Crippen LogP contribution in [0.15, 0.2) is 18.3 Å². The molecule has 190 valence electrons. The molecule has 1 aromatic rings. The molecule has 36 heavy (non-hydrogen) atoms. The van der Waals surface area contributed by atoms with Crippen LogP contribution in [0.4, 0.5) is 9.18 Å². The van der Waals surface area contributed by atoms with E-state index in [4.69, 9.17) is 11.2 Å². The number of carbonyl (C=O) groups is 3. The molecule has 1 aromatic heterocycles. The van der Waals surface area contributed by atoms with E-state index in [0.29, 0.717) is 25.7 Å². The van der Waals surface area contributed by atoms with Crippen molar-refractivity contribution in [2.24, 2.45) is 5.92 Å². The number of nitrogens with zero attached hydrogens (tertiary/aromatic N) is 4. The van der Waals surface area contributed by atoms with Crippen LogP contribution in [-0.2, 0) is 9.53 Å². The molecular weight excluding hydrogens is 465 g/mol. The number of halogens is 1. The van der Waals surface area contributed by atoms with Crippen molar-refractivity contribution >= 4 is 17.9 Å². The average molecular weight is 496 g/mol. The van der Waals surface area contributed by atoms with Gasteiger partial charge in [0.05, 0.1) is 12.1 Å². The number of hydrogen-bond acceptors (Lipinski definition) is 6. The summed E-state index contributed by atoms with van der Waals surface area (Å²) in [6, 6.07) is 1.89. The number of nitrogens with one attached hydrogen (secondary N) is 1. The zero-order chi connectivity index (χ0) is 26.2. The first-order valence-electron chi connectivity index (χ1n) is 12.2. The Labute approximate surface area is 210 Å². The van der Waals surface area contributed by atoms with Crippen LogP contribution >= 0.6 is 0 Å². The largest absolute Gasteiger partial charge is 0.444 e. The van der Waals surface area contributed by atoms with Gasteiger partial charge < -0.3 is 19.9 Å². The Hall–Kier alpha value is -3.66.